The first-order valence-electron chi connectivity index (χ1n) is 5.33. The molecule has 0 fully saturated rings. The highest BCUT2D eigenvalue weighted by Crippen LogP contribution is 2.36. The van der Waals surface area contributed by atoms with Gasteiger partial charge in [-0.2, -0.15) is 0 Å². The minimum absolute atomic E-state index is 0.0433. The fourth-order valence-corrected chi connectivity index (χ4v) is 4.69. The first-order chi connectivity index (χ1) is 9.70. The molecule has 2 aromatic carbocycles. The molecule has 1 N–H and O–H groups in total. The summed E-state index contributed by atoms with van der Waals surface area (Å²) in [6, 6.07) is 7.17. The average Bonchev–Trinajstić information content (AvgIpc) is 2.33. The molecule has 9 heteroatoms. The van der Waals surface area contributed by atoms with E-state index in [1.165, 1.54) is 24.3 Å². The van der Waals surface area contributed by atoms with E-state index in [0.717, 1.165) is 0 Å². The van der Waals surface area contributed by atoms with Crippen molar-refractivity contribution < 1.29 is 8.42 Å². The van der Waals surface area contributed by atoms with Crippen molar-refractivity contribution in [2.24, 2.45) is 0 Å². The first-order valence-corrected chi connectivity index (χ1v) is 9.12. The van der Waals surface area contributed by atoms with Crippen LogP contribution in [0.1, 0.15) is 0 Å². The Morgan fingerprint density at radius 3 is 2.00 bits per heavy atom. The molecule has 21 heavy (non-hydrogen) atoms. The second-order valence-electron chi connectivity index (χ2n) is 3.92. The quantitative estimate of drug-likeness (QED) is 0.637. The third-order valence-electron chi connectivity index (χ3n) is 2.43. The Bertz CT molecular complexity index is 788. The Morgan fingerprint density at radius 2 is 1.48 bits per heavy atom. The molecule has 3 nitrogen and oxygen atoms in total. The van der Waals surface area contributed by atoms with Crippen molar-refractivity contribution in [1.82, 2.24) is 0 Å². The van der Waals surface area contributed by atoms with Crippen molar-refractivity contribution in [2.45, 2.75) is 4.90 Å². The summed E-state index contributed by atoms with van der Waals surface area (Å²) in [5, 5.41) is 0.543. The highest BCUT2D eigenvalue weighted by molar-refractivity contribution is 9.10. The van der Waals surface area contributed by atoms with Gasteiger partial charge in [0.05, 0.1) is 20.8 Å². The molecule has 0 atom stereocenters. The predicted molar refractivity (Wildman–Crippen MR) is 91.4 cm³/mol. The molecule has 0 amide bonds. The van der Waals surface area contributed by atoms with E-state index in [-0.39, 0.29) is 25.7 Å². The highest BCUT2D eigenvalue weighted by atomic mass is 79.9. The van der Waals surface area contributed by atoms with Crippen molar-refractivity contribution in [3.05, 3.63) is 54.9 Å². The lowest BCUT2D eigenvalue weighted by Crippen LogP contribution is -2.14. The maximum atomic E-state index is 12.4. The molecule has 0 radical (unpaired) electrons. The topological polar surface area (TPSA) is 46.2 Å². The number of benzene rings is 2. The fourth-order valence-electron chi connectivity index (χ4n) is 1.52. The molecular formula is C12H6BrCl4NO2S. The summed E-state index contributed by atoms with van der Waals surface area (Å²) in [5.41, 5.74) is 0.0433. The minimum Gasteiger partial charge on any atom is -0.277 e. The first kappa shape index (κ1) is 17.2. The van der Waals surface area contributed by atoms with Crippen molar-refractivity contribution in [3.8, 4) is 0 Å². The van der Waals surface area contributed by atoms with E-state index in [1.54, 1.807) is 6.07 Å². The van der Waals surface area contributed by atoms with E-state index in [2.05, 4.69) is 20.7 Å². The smallest absolute Gasteiger partial charge is 0.263 e. The zero-order valence-corrected chi connectivity index (χ0v) is 15.4. The Labute approximate surface area is 150 Å². The van der Waals surface area contributed by atoms with Gasteiger partial charge in [-0.3, -0.25) is 4.72 Å². The Hall–Kier alpha value is -0.170. The van der Waals surface area contributed by atoms with Gasteiger partial charge in [0, 0.05) is 9.50 Å². The van der Waals surface area contributed by atoms with Gasteiger partial charge in [0.1, 0.15) is 4.90 Å². The van der Waals surface area contributed by atoms with Crippen LogP contribution in [0.25, 0.3) is 0 Å². The van der Waals surface area contributed by atoms with Crippen LogP contribution in [0.4, 0.5) is 5.69 Å². The number of hydrogen-bond acceptors (Lipinski definition) is 2. The van der Waals surface area contributed by atoms with Crippen LogP contribution in [-0.2, 0) is 10.0 Å². The van der Waals surface area contributed by atoms with E-state index in [4.69, 9.17) is 46.4 Å². The van der Waals surface area contributed by atoms with Gasteiger partial charge in [-0.05, 0) is 30.3 Å². The summed E-state index contributed by atoms with van der Waals surface area (Å²) in [7, 11) is -3.93. The number of hydrogen-bond donors (Lipinski definition) is 1. The summed E-state index contributed by atoms with van der Waals surface area (Å²) in [6.45, 7) is 0. The largest absolute Gasteiger partial charge is 0.277 e. The fraction of sp³-hybridized carbons (Fsp3) is 0. The minimum atomic E-state index is -3.93. The Morgan fingerprint density at radius 1 is 0.905 bits per heavy atom. The van der Waals surface area contributed by atoms with Gasteiger partial charge in [0.2, 0.25) is 0 Å². The lowest BCUT2D eigenvalue weighted by molar-refractivity contribution is 0.601. The van der Waals surface area contributed by atoms with E-state index < -0.39 is 10.0 Å². The second-order valence-corrected chi connectivity index (χ2v) is 8.15. The summed E-state index contributed by atoms with van der Waals surface area (Å²) in [4.78, 5) is -0.0885. The van der Waals surface area contributed by atoms with Crippen LogP contribution in [0.3, 0.4) is 0 Å². The maximum absolute atomic E-state index is 12.4. The summed E-state index contributed by atoms with van der Waals surface area (Å²) < 4.78 is 27.7. The molecule has 2 aromatic rings. The molecule has 0 aliphatic heterocycles. The van der Waals surface area contributed by atoms with E-state index in [1.807, 2.05) is 0 Å². The zero-order valence-electron chi connectivity index (χ0n) is 10.0. The van der Waals surface area contributed by atoms with Crippen molar-refractivity contribution in [1.29, 1.82) is 0 Å². The molecule has 0 aliphatic rings. The van der Waals surface area contributed by atoms with Gasteiger partial charge in [-0.25, -0.2) is 8.42 Å². The summed E-state index contributed by atoms with van der Waals surface area (Å²) >= 11 is 26.8. The summed E-state index contributed by atoms with van der Waals surface area (Å²) in [5.74, 6) is 0. The lowest BCUT2D eigenvalue weighted by Gasteiger charge is -2.12. The summed E-state index contributed by atoms with van der Waals surface area (Å²) in [6.07, 6.45) is 0. The molecule has 0 heterocycles. The highest BCUT2D eigenvalue weighted by Gasteiger charge is 2.21. The maximum Gasteiger partial charge on any atom is 0.263 e. The van der Waals surface area contributed by atoms with Gasteiger partial charge < -0.3 is 0 Å². The molecule has 0 saturated carbocycles. The van der Waals surface area contributed by atoms with Gasteiger partial charge in [0.15, 0.2) is 0 Å². The molecule has 0 aliphatic carbocycles. The van der Waals surface area contributed by atoms with Crippen LogP contribution in [0, 0.1) is 0 Å². The molecular weight excluding hydrogens is 444 g/mol. The van der Waals surface area contributed by atoms with Crippen LogP contribution in [-0.4, -0.2) is 8.42 Å². The number of nitrogens with one attached hydrogen (secondary N) is 1. The standard InChI is InChI=1S/C12H6BrCl4NO2S/c13-6-1-2-11(8(15)3-6)21(19,20)18-12-9(16)4-7(14)5-10(12)17/h1-5,18H. The second kappa shape index (κ2) is 6.52. The Kier molecular flexibility index (Phi) is 5.34. The van der Waals surface area contributed by atoms with E-state index in [9.17, 15) is 8.42 Å². The van der Waals surface area contributed by atoms with Gasteiger partial charge in [0.25, 0.3) is 10.0 Å². The Balaban J connectivity index is 2.47. The molecule has 2 rings (SSSR count). The van der Waals surface area contributed by atoms with E-state index in [0.29, 0.717) is 9.50 Å². The predicted octanol–water partition coefficient (Wildman–Crippen LogP) is 5.86. The number of sulfonamides is 1. The van der Waals surface area contributed by atoms with Crippen molar-refractivity contribution in [2.75, 3.05) is 4.72 Å². The van der Waals surface area contributed by atoms with Gasteiger partial charge >= 0.3 is 0 Å². The average molecular weight is 450 g/mol. The molecule has 0 spiro atoms. The van der Waals surface area contributed by atoms with Crippen LogP contribution in [0.15, 0.2) is 39.7 Å². The van der Waals surface area contributed by atoms with Gasteiger partial charge in [-0.15, -0.1) is 0 Å². The number of rotatable bonds is 3. The van der Waals surface area contributed by atoms with Crippen molar-refractivity contribution >= 4 is 78.0 Å². The third kappa shape index (κ3) is 3.97. The van der Waals surface area contributed by atoms with Crippen LogP contribution in [0.2, 0.25) is 20.1 Å². The molecule has 0 bridgehead atoms. The zero-order chi connectivity index (χ0) is 15.8. The molecule has 112 valence electrons. The van der Waals surface area contributed by atoms with Crippen molar-refractivity contribution in [3.63, 3.8) is 0 Å². The molecule has 0 unspecified atom stereocenters. The number of halogens is 5. The third-order valence-corrected chi connectivity index (χ3v) is 5.57. The van der Waals surface area contributed by atoms with E-state index >= 15 is 0 Å². The van der Waals surface area contributed by atoms with Gasteiger partial charge in [-0.1, -0.05) is 62.3 Å². The SMILES string of the molecule is O=S(=O)(Nc1c(Cl)cc(Cl)cc1Cl)c1ccc(Br)cc1Cl. The van der Waals surface area contributed by atoms with Crippen LogP contribution < -0.4 is 4.72 Å². The van der Waals surface area contributed by atoms with Crippen LogP contribution in [0.5, 0.6) is 0 Å². The number of anilines is 1. The molecule has 0 saturated heterocycles. The monoisotopic (exact) mass is 447 g/mol. The lowest BCUT2D eigenvalue weighted by atomic mass is 10.3. The normalized spacial score (nSPS) is 11.5. The molecule has 0 aromatic heterocycles. The van der Waals surface area contributed by atoms with Crippen LogP contribution >= 0.6 is 62.3 Å².